The number of nitrogens with zero attached hydrogens (tertiary/aromatic N) is 5. The zero-order valence-electron chi connectivity index (χ0n) is 21.3. The van der Waals surface area contributed by atoms with E-state index < -0.39 is 0 Å². The topological polar surface area (TPSA) is 132 Å². The molecule has 11 heteroatoms. The molecule has 1 aliphatic rings. The summed E-state index contributed by atoms with van der Waals surface area (Å²) in [7, 11) is 2.07. The smallest absolute Gasteiger partial charge is 0.319 e. The van der Waals surface area contributed by atoms with Gasteiger partial charge in [-0.2, -0.15) is 0 Å². The van der Waals surface area contributed by atoms with Crippen LogP contribution in [-0.2, 0) is 4.74 Å². The molecule has 0 spiro atoms. The molecule has 2 atom stereocenters. The summed E-state index contributed by atoms with van der Waals surface area (Å²) in [6.07, 6.45) is 5.83. The number of rotatable bonds is 10. The van der Waals surface area contributed by atoms with Gasteiger partial charge >= 0.3 is 6.03 Å². The first-order chi connectivity index (χ1) is 18.5. The van der Waals surface area contributed by atoms with E-state index in [0.717, 1.165) is 38.1 Å². The number of hydrogen-bond donors (Lipinski definition) is 3. The molecule has 1 saturated heterocycles. The molecular formula is C27H32N8O3. The van der Waals surface area contributed by atoms with E-state index >= 15 is 0 Å². The molecule has 4 N–H and O–H groups in total. The number of anilines is 2. The molecular weight excluding hydrogens is 484 g/mol. The molecule has 2 amide bonds. The Morgan fingerprint density at radius 2 is 1.89 bits per heavy atom. The summed E-state index contributed by atoms with van der Waals surface area (Å²) in [6.45, 7) is 2.22. The van der Waals surface area contributed by atoms with Crippen LogP contribution >= 0.6 is 0 Å². The third-order valence-electron chi connectivity index (χ3n) is 6.39. The number of para-hydroxylation sites is 1. The highest BCUT2D eigenvalue weighted by molar-refractivity contribution is 5.89. The zero-order valence-corrected chi connectivity index (χ0v) is 21.3. The number of amides is 2. The van der Waals surface area contributed by atoms with E-state index in [0.29, 0.717) is 35.0 Å². The predicted molar refractivity (Wildman–Crippen MR) is 145 cm³/mol. The van der Waals surface area contributed by atoms with Crippen molar-refractivity contribution in [2.75, 3.05) is 37.7 Å². The fraction of sp³-hybridized carbons (Fsp3) is 0.333. The Hall–Kier alpha value is -4.22. The fourth-order valence-corrected chi connectivity index (χ4v) is 4.50. The lowest BCUT2D eigenvalue weighted by atomic mass is 10.2. The van der Waals surface area contributed by atoms with Crippen LogP contribution in [0, 0.1) is 0 Å². The number of fused-ring (bicyclic) bond motifs is 1. The van der Waals surface area contributed by atoms with Crippen LogP contribution in [0.3, 0.4) is 0 Å². The Bertz CT molecular complexity index is 1350. The number of nitrogens with two attached hydrogens (primary N) is 1. The van der Waals surface area contributed by atoms with Crippen LogP contribution in [0.2, 0.25) is 0 Å². The first-order valence-electron chi connectivity index (χ1n) is 12.7. The molecule has 0 aliphatic carbocycles. The molecule has 0 bridgehead atoms. The number of imidazole rings is 1. The number of likely N-dealkylation sites (N-methyl/N-ethyl adjacent to an activating group) is 1. The highest BCUT2D eigenvalue weighted by Gasteiger charge is 2.28. The van der Waals surface area contributed by atoms with Gasteiger partial charge in [0.25, 0.3) is 0 Å². The average Bonchev–Trinajstić information content (AvgIpc) is 3.56. The van der Waals surface area contributed by atoms with Crippen LogP contribution in [0.25, 0.3) is 11.2 Å². The second-order valence-corrected chi connectivity index (χ2v) is 9.31. The van der Waals surface area contributed by atoms with Gasteiger partial charge in [-0.25, -0.2) is 19.7 Å². The summed E-state index contributed by atoms with van der Waals surface area (Å²) in [4.78, 5) is 27.1. The standard InChI is InChI=1S/C27H32N8O3/c1-34(16-22-12-13-23(38-22)35-18-32-24-25(28)30-17-31-26(24)35)15-5-14-29-27(36)33-19-8-10-21(11-9-19)37-20-6-3-2-4-7-20/h2-4,6-11,17-18,22-23H,5,12-16H2,1H3,(H2,28,30,31)(H2,29,33,36). The van der Waals surface area contributed by atoms with Gasteiger partial charge in [0.2, 0.25) is 0 Å². The van der Waals surface area contributed by atoms with Crippen molar-refractivity contribution in [1.29, 1.82) is 0 Å². The SMILES string of the molecule is CN(CCCNC(=O)Nc1ccc(Oc2ccccc2)cc1)CC1CCC(n2cnc3c(N)ncnc32)O1. The van der Waals surface area contributed by atoms with Crippen LogP contribution in [0.5, 0.6) is 11.5 Å². The monoisotopic (exact) mass is 516 g/mol. The first-order valence-corrected chi connectivity index (χ1v) is 12.7. The molecule has 3 heterocycles. The van der Waals surface area contributed by atoms with Crippen LogP contribution in [0.4, 0.5) is 16.3 Å². The molecule has 38 heavy (non-hydrogen) atoms. The minimum atomic E-state index is -0.233. The Morgan fingerprint density at radius 3 is 2.71 bits per heavy atom. The number of hydrogen-bond acceptors (Lipinski definition) is 8. The molecule has 11 nitrogen and oxygen atoms in total. The van der Waals surface area contributed by atoms with E-state index in [1.54, 1.807) is 6.33 Å². The second-order valence-electron chi connectivity index (χ2n) is 9.31. The van der Waals surface area contributed by atoms with E-state index in [4.69, 9.17) is 15.2 Å². The van der Waals surface area contributed by atoms with Crippen molar-refractivity contribution in [3.63, 3.8) is 0 Å². The number of carbonyl (C=O) groups excluding carboxylic acids is 1. The summed E-state index contributed by atoms with van der Waals surface area (Å²) < 4.78 is 14.0. The van der Waals surface area contributed by atoms with E-state index in [1.165, 1.54) is 6.33 Å². The van der Waals surface area contributed by atoms with Crippen molar-refractivity contribution in [1.82, 2.24) is 29.7 Å². The number of aromatic nitrogens is 4. The van der Waals surface area contributed by atoms with Gasteiger partial charge < -0.3 is 30.7 Å². The average molecular weight is 517 g/mol. The molecule has 2 unspecified atom stereocenters. The lowest BCUT2D eigenvalue weighted by molar-refractivity contribution is -0.00849. The Labute approximate surface area is 221 Å². The third-order valence-corrected chi connectivity index (χ3v) is 6.39. The molecule has 2 aromatic heterocycles. The lowest BCUT2D eigenvalue weighted by Crippen LogP contribution is -2.34. The van der Waals surface area contributed by atoms with Crippen molar-refractivity contribution in [3.05, 3.63) is 67.3 Å². The van der Waals surface area contributed by atoms with Gasteiger partial charge in [-0.15, -0.1) is 0 Å². The van der Waals surface area contributed by atoms with E-state index in [2.05, 4.69) is 37.5 Å². The molecule has 1 aliphatic heterocycles. The van der Waals surface area contributed by atoms with Crippen LogP contribution in [-0.4, -0.2) is 63.2 Å². The number of nitrogens with one attached hydrogen (secondary N) is 2. The number of benzene rings is 2. The van der Waals surface area contributed by atoms with Gasteiger partial charge in [0.15, 0.2) is 11.5 Å². The lowest BCUT2D eigenvalue weighted by Gasteiger charge is -2.21. The van der Waals surface area contributed by atoms with Gasteiger partial charge in [-0.1, -0.05) is 18.2 Å². The normalized spacial score (nSPS) is 17.1. The van der Waals surface area contributed by atoms with E-state index in [-0.39, 0.29) is 18.4 Å². The van der Waals surface area contributed by atoms with Gasteiger partial charge in [-0.3, -0.25) is 4.57 Å². The van der Waals surface area contributed by atoms with Gasteiger partial charge in [0.05, 0.1) is 12.4 Å². The van der Waals surface area contributed by atoms with E-state index in [9.17, 15) is 4.79 Å². The summed E-state index contributed by atoms with van der Waals surface area (Å²) in [5.41, 5.74) is 7.89. The maximum absolute atomic E-state index is 12.3. The van der Waals surface area contributed by atoms with Crippen molar-refractivity contribution in [2.24, 2.45) is 0 Å². The van der Waals surface area contributed by atoms with Gasteiger partial charge in [0, 0.05) is 18.8 Å². The molecule has 4 aromatic rings. The van der Waals surface area contributed by atoms with Gasteiger partial charge in [-0.05, 0) is 69.3 Å². The van der Waals surface area contributed by atoms with Crippen molar-refractivity contribution in [3.8, 4) is 11.5 Å². The number of urea groups is 1. The third kappa shape index (κ3) is 6.36. The fourth-order valence-electron chi connectivity index (χ4n) is 4.50. The van der Waals surface area contributed by atoms with Crippen LogP contribution in [0.15, 0.2) is 67.3 Å². The summed E-state index contributed by atoms with van der Waals surface area (Å²) in [5, 5.41) is 5.76. The molecule has 1 fully saturated rings. The number of ether oxygens (including phenoxy) is 2. The van der Waals surface area contributed by atoms with Crippen molar-refractivity contribution in [2.45, 2.75) is 31.6 Å². The predicted octanol–water partition coefficient (Wildman–Crippen LogP) is 4.02. The largest absolute Gasteiger partial charge is 0.457 e. The zero-order chi connectivity index (χ0) is 26.3. The highest BCUT2D eigenvalue weighted by Crippen LogP contribution is 2.31. The van der Waals surface area contributed by atoms with Crippen molar-refractivity contribution < 1.29 is 14.3 Å². The Kier molecular flexibility index (Phi) is 7.95. The molecule has 0 saturated carbocycles. The summed E-state index contributed by atoms with van der Waals surface area (Å²) in [6, 6.07) is 16.6. The van der Waals surface area contributed by atoms with Crippen LogP contribution < -0.4 is 21.1 Å². The molecule has 198 valence electrons. The molecule has 0 radical (unpaired) electrons. The maximum atomic E-state index is 12.3. The Morgan fingerprint density at radius 1 is 1.11 bits per heavy atom. The number of carbonyl (C=O) groups is 1. The highest BCUT2D eigenvalue weighted by atomic mass is 16.5. The molecule has 5 rings (SSSR count). The summed E-state index contributed by atoms with van der Waals surface area (Å²) >= 11 is 0. The Balaban J connectivity index is 0.989. The van der Waals surface area contributed by atoms with Crippen molar-refractivity contribution >= 4 is 28.7 Å². The maximum Gasteiger partial charge on any atom is 0.319 e. The molecule has 2 aromatic carbocycles. The minimum absolute atomic E-state index is 0.114. The first kappa shape index (κ1) is 25.4. The second kappa shape index (κ2) is 11.9. The quantitative estimate of drug-likeness (QED) is 0.269. The van der Waals surface area contributed by atoms with Gasteiger partial charge in [0.1, 0.15) is 29.6 Å². The number of nitrogen functional groups attached to an aromatic ring is 1. The minimum Gasteiger partial charge on any atom is -0.457 e. The summed E-state index contributed by atoms with van der Waals surface area (Å²) in [5.74, 6) is 1.85. The van der Waals surface area contributed by atoms with E-state index in [1.807, 2.05) is 59.2 Å². The van der Waals surface area contributed by atoms with Crippen LogP contribution in [0.1, 0.15) is 25.5 Å².